The highest BCUT2D eigenvalue weighted by Gasteiger charge is 2.37. The molecule has 9 nitrogen and oxygen atoms in total. The maximum atomic E-state index is 14.0. The minimum atomic E-state index is -0.844. The van der Waals surface area contributed by atoms with Gasteiger partial charge in [0.2, 0.25) is 11.6 Å². The summed E-state index contributed by atoms with van der Waals surface area (Å²) < 4.78 is 29.3. The molecular formula is C27H27N3O6. The van der Waals surface area contributed by atoms with E-state index in [9.17, 15) is 10.1 Å². The van der Waals surface area contributed by atoms with Gasteiger partial charge in [-0.15, -0.1) is 0 Å². The fraction of sp³-hybridized carbons (Fsp3) is 0.259. The molecule has 1 atom stereocenters. The van der Waals surface area contributed by atoms with E-state index in [1.807, 2.05) is 31.2 Å². The first kappa shape index (κ1) is 24.5. The fourth-order valence-electron chi connectivity index (χ4n) is 4.46. The van der Waals surface area contributed by atoms with Crippen LogP contribution in [0.2, 0.25) is 0 Å². The van der Waals surface area contributed by atoms with Crippen LogP contribution in [-0.2, 0) is 6.54 Å². The number of hydrogen-bond donors (Lipinski definition) is 1. The number of allylic oxidation sites excluding steroid dienone is 1. The third-order valence-electron chi connectivity index (χ3n) is 6.24. The Bertz CT molecular complexity index is 1430. The Balaban J connectivity index is 1.95. The molecule has 0 radical (unpaired) electrons. The van der Waals surface area contributed by atoms with Crippen molar-refractivity contribution < 1.29 is 23.7 Å². The molecule has 2 N–H and O–H groups in total. The van der Waals surface area contributed by atoms with Gasteiger partial charge >= 0.3 is 0 Å². The number of aryl methyl sites for hydroxylation is 1. The van der Waals surface area contributed by atoms with E-state index >= 15 is 0 Å². The minimum absolute atomic E-state index is 0.0708. The highest BCUT2D eigenvalue weighted by molar-refractivity contribution is 5.64. The van der Waals surface area contributed by atoms with Crippen LogP contribution in [0.1, 0.15) is 28.3 Å². The molecule has 1 aliphatic rings. The van der Waals surface area contributed by atoms with Gasteiger partial charge in [-0.3, -0.25) is 4.79 Å². The summed E-state index contributed by atoms with van der Waals surface area (Å²) in [6, 6.07) is 14.8. The van der Waals surface area contributed by atoms with Crippen LogP contribution >= 0.6 is 0 Å². The molecule has 186 valence electrons. The number of pyridine rings is 1. The number of nitrogens with two attached hydrogens (primary N) is 1. The summed E-state index contributed by atoms with van der Waals surface area (Å²) >= 11 is 0. The standard InChI is InChI=1S/C27H27N3O6/c1-15-12-21-23(27(31)30(15)14-16-6-8-17(32-2)9-7-16)22(19(13-28)26(29)36-21)18-10-11-20(33-3)25(35-5)24(18)34-4/h6-12,22H,14,29H2,1-5H3. The van der Waals surface area contributed by atoms with Crippen molar-refractivity contribution in [2.24, 2.45) is 5.73 Å². The Labute approximate surface area is 208 Å². The molecule has 36 heavy (non-hydrogen) atoms. The van der Waals surface area contributed by atoms with Crippen molar-refractivity contribution in [2.45, 2.75) is 19.4 Å². The molecule has 9 heteroatoms. The Morgan fingerprint density at radius 2 is 1.69 bits per heavy atom. The largest absolute Gasteiger partial charge is 0.497 e. The third-order valence-corrected chi connectivity index (χ3v) is 6.24. The van der Waals surface area contributed by atoms with Gasteiger partial charge in [0.1, 0.15) is 23.1 Å². The summed E-state index contributed by atoms with van der Waals surface area (Å²) in [5.41, 5.74) is 8.35. The highest BCUT2D eigenvalue weighted by atomic mass is 16.5. The average Bonchev–Trinajstić information content (AvgIpc) is 2.89. The number of ether oxygens (including phenoxy) is 5. The van der Waals surface area contributed by atoms with Crippen LogP contribution in [0.3, 0.4) is 0 Å². The Hall–Kier alpha value is -4.58. The predicted octanol–water partition coefficient (Wildman–Crippen LogP) is 3.46. The second-order valence-corrected chi connectivity index (χ2v) is 8.15. The molecule has 2 aromatic carbocycles. The molecule has 0 aliphatic carbocycles. The second-order valence-electron chi connectivity index (χ2n) is 8.15. The van der Waals surface area contributed by atoms with Crippen molar-refractivity contribution in [1.29, 1.82) is 5.26 Å². The van der Waals surface area contributed by atoms with Crippen LogP contribution in [-0.4, -0.2) is 33.0 Å². The SMILES string of the molecule is COc1ccc(Cn2c(C)cc3c(c2=O)C(c2ccc(OC)c(OC)c2OC)C(C#N)=C(N)O3)cc1. The van der Waals surface area contributed by atoms with Gasteiger partial charge in [-0.25, -0.2) is 0 Å². The second kappa shape index (κ2) is 9.96. The molecule has 0 saturated carbocycles. The summed E-state index contributed by atoms with van der Waals surface area (Å²) in [4.78, 5) is 14.0. The van der Waals surface area contributed by atoms with Crippen LogP contribution < -0.4 is 35.0 Å². The molecule has 1 aromatic heterocycles. The van der Waals surface area contributed by atoms with Crippen LogP contribution in [0, 0.1) is 18.3 Å². The molecule has 3 aromatic rings. The van der Waals surface area contributed by atoms with Crippen molar-refractivity contribution >= 4 is 0 Å². The van der Waals surface area contributed by atoms with Crippen molar-refractivity contribution in [1.82, 2.24) is 4.57 Å². The number of rotatable bonds is 7. The van der Waals surface area contributed by atoms with Crippen LogP contribution in [0.25, 0.3) is 0 Å². The first-order valence-electron chi connectivity index (χ1n) is 11.1. The average molecular weight is 490 g/mol. The van der Waals surface area contributed by atoms with E-state index in [1.54, 1.807) is 29.9 Å². The van der Waals surface area contributed by atoms with E-state index < -0.39 is 5.92 Å². The van der Waals surface area contributed by atoms with Gasteiger partial charge in [0, 0.05) is 17.3 Å². The number of aromatic nitrogens is 1. The normalized spacial score (nSPS) is 14.4. The van der Waals surface area contributed by atoms with Gasteiger partial charge in [-0.1, -0.05) is 18.2 Å². The molecule has 0 amide bonds. The summed E-state index contributed by atoms with van der Waals surface area (Å²) in [7, 11) is 6.08. The van der Waals surface area contributed by atoms with Gasteiger partial charge < -0.3 is 34.0 Å². The molecule has 0 bridgehead atoms. The van der Waals surface area contributed by atoms with E-state index in [0.29, 0.717) is 40.8 Å². The molecule has 0 fully saturated rings. The van der Waals surface area contributed by atoms with Crippen molar-refractivity contribution in [3.05, 3.63) is 86.7 Å². The summed E-state index contributed by atoms with van der Waals surface area (Å²) in [5.74, 6) is 1.22. The molecule has 1 aliphatic heterocycles. The maximum Gasteiger partial charge on any atom is 0.259 e. The monoisotopic (exact) mass is 489 g/mol. The quantitative estimate of drug-likeness (QED) is 0.536. The van der Waals surface area contributed by atoms with Gasteiger partial charge in [0.25, 0.3) is 5.56 Å². The van der Waals surface area contributed by atoms with Crippen LogP contribution in [0.4, 0.5) is 0 Å². The first-order chi connectivity index (χ1) is 17.4. The zero-order valence-electron chi connectivity index (χ0n) is 20.7. The molecular weight excluding hydrogens is 462 g/mol. The van der Waals surface area contributed by atoms with Crippen molar-refractivity contribution in [3.63, 3.8) is 0 Å². The molecule has 0 saturated heterocycles. The van der Waals surface area contributed by atoms with Crippen molar-refractivity contribution in [2.75, 3.05) is 28.4 Å². The number of nitrogens with zero attached hydrogens (tertiary/aromatic N) is 2. The molecule has 2 heterocycles. The number of fused-ring (bicyclic) bond motifs is 1. The van der Waals surface area contributed by atoms with Gasteiger partial charge in [-0.2, -0.15) is 5.26 Å². The van der Waals surface area contributed by atoms with E-state index in [-0.39, 0.29) is 22.6 Å². The highest BCUT2D eigenvalue weighted by Crippen LogP contribution is 2.49. The van der Waals surface area contributed by atoms with Gasteiger partial charge in [0.05, 0.1) is 46.5 Å². The molecule has 0 spiro atoms. The zero-order valence-corrected chi connectivity index (χ0v) is 20.7. The lowest BCUT2D eigenvalue weighted by Crippen LogP contribution is -2.33. The lowest BCUT2D eigenvalue weighted by molar-refractivity contribution is 0.321. The van der Waals surface area contributed by atoms with Crippen LogP contribution in [0.5, 0.6) is 28.7 Å². The van der Waals surface area contributed by atoms with Crippen molar-refractivity contribution in [3.8, 4) is 34.8 Å². The minimum Gasteiger partial charge on any atom is -0.497 e. The number of methoxy groups -OCH3 is 4. The lowest BCUT2D eigenvalue weighted by Gasteiger charge is -2.29. The summed E-state index contributed by atoms with van der Waals surface area (Å²) in [6.45, 7) is 2.14. The number of benzene rings is 2. The Morgan fingerprint density at radius 1 is 1.00 bits per heavy atom. The smallest absolute Gasteiger partial charge is 0.259 e. The van der Waals surface area contributed by atoms with Gasteiger partial charge in [0.15, 0.2) is 11.5 Å². The van der Waals surface area contributed by atoms with E-state index in [4.69, 9.17) is 29.4 Å². The zero-order chi connectivity index (χ0) is 26.0. The molecule has 4 rings (SSSR count). The number of nitriles is 1. The topological polar surface area (TPSA) is 118 Å². The predicted molar refractivity (Wildman–Crippen MR) is 133 cm³/mol. The lowest BCUT2D eigenvalue weighted by atomic mass is 9.83. The first-order valence-corrected chi connectivity index (χ1v) is 11.1. The molecule has 1 unspecified atom stereocenters. The summed E-state index contributed by atoms with van der Waals surface area (Å²) in [6.07, 6.45) is 0. The fourth-order valence-corrected chi connectivity index (χ4v) is 4.46. The Morgan fingerprint density at radius 3 is 2.28 bits per heavy atom. The Kier molecular flexibility index (Phi) is 6.79. The van der Waals surface area contributed by atoms with E-state index in [1.165, 1.54) is 21.3 Å². The number of hydrogen-bond acceptors (Lipinski definition) is 8. The van der Waals surface area contributed by atoms with E-state index in [2.05, 4.69) is 6.07 Å². The van der Waals surface area contributed by atoms with Crippen LogP contribution in [0.15, 0.2) is 58.7 Å². The third kappa shape index (κ3) is 4.07. The van der Waals surface area contributed by atoms with E-state index in [0.717, 1.165) is 11.3 Å². The van der Waals surface area contributed by atoms with Gasteiger partial charge in [-0.05, 0) is 30.7 Å². The maximum absolute atomic E-state index is 14.0. The summed E-state index contributed by atoms with van der Waals surface area (Å²) in [5, 5.41) is 10.0.